The third-order valence-electron chi connectivity index (χ3n) is 4.14. The Balaban J connectivity index is 1.31. The maximum Gasteiger partial charge on any atom is 0.277 e. The van der Waals surface area contributed by atoms with Crippen LogP contribution in [0.1, 0.15) is 5.69 Å². The van der Waals surface area contributed by atoms with Gasteiger partial charge in [-0.05, 0) is 6.07 Å². The Bertz CT molecular complexity index is 1190. The highest BCUT2D eigenvalue weighted by Gasteiger charge is 2.14. The molecule has 132 valence electrons. The summed E-state index contributed by atoms with van der Waals surface area (Å²) in [5, 5.41) is 13.1. The maximum atomic E-state index is 5.85. The number of aromatic amines is 1. The zero-order valence-electron chi connectivity index (χ0n) is 14.1. The van der Waals surface area contributed by atoms with Gasteiger partial charge in [-0.3, -0.25) is 0 Å². The number of aromatic nitrogens is 4. The van der Waals surface area contributed by atoms with Crippen molar-refractivity contribution >= 4 is 34.0 Å². The highest BCUT2D eigenvalue weighted by Crippen LogP contribution is 2.31. The summed E-state index contributed by atoms with van der Waals surface area (Å²) >= 11 is 3.15. The number of para-hydroxylation sites is 1. The molecule has 0 saturated carbocycles. The van der Waals surface area contributed by atoms with Gasteiger partial charge >= 0.3 is 0 Å². The van der Waals surface area contributed by atoms with E-state index in [1.165, 1.54) is 11.8 Å². The maximum absolute atomic E-state index is 5.85. The van der Waals surface area contributed by atoms with Gasteiger partial charge in [-0.15, -0.1) is 21.5 Å². The second-order valence-corrected chi connectivity index (χ2v) is 7.70. The first-order valence-corrected chi connectivity index (χ1v) is 10.3. The molecule has 0 fully saturated rings. The molecule has 0 aliphatic carbocycles. The standard InChI is InChI=1S/C20H14N4OS2/c1-2-6-13(7-3-1)19-22-14(11-26-19)12-27-20-24-23-18(25-20)16-10-21-17-9-5-4-8-15(16)17/h1-11,21H,12H2. The Labute approximate surface area is 163 Å². The summed E-state index contributed by atoms with van der Waals surface area (Å²) in [4.78, 5) is 7.92. The van der Waals surface area contributed by atoms with E-state index in [-0.39, 0.29) is 0 Å². The van der Waals surface area contributed by atoms with Crippen molar-refractivity contribution in [3.63, 3.8) is 0 Å². The molecule has 5 rings (SSSR count). The summed E-state index contributed by atoms with van der Waals surface area (Å²) in [5.41, 5.74) is 4.12. The molecule has 5 aromatic rings. The summed E-state index contributed by atoms with van der Waals surface area (Å²) in [6.07, 6.45) is 1.90. The van der Waals surface area contributed by atoms with Crippen LogP contribution in [0.3, 0.4) is 0 Å². The van der Waals surface area contributed by atoms with Crippen LogP contribution >= 0.6 is 23.1 Å². The molecule has 0 unspecified atom stereocenters. The molecule has 5 nitrogen and oxygen atoms in total. The predicted molar refractivity (Wildman–Crippen MR) is 109 cm³/mol. The quantitative estimate of drug-likeness (QED) is 0.394. The monoisotopic (exact) mass is 390 g/mol. The number of fused-ring (bicyclic) bond motifs is 1. The molecule has 2 aromatic carbocycles. The summed E-state index contributed by atoms with van der Waals surface area (Å²) in [5.74, 6) is 1.22. The molecule has 0 spiro atoms. The minimum absolute atomic E-state index is 0.526. The molecule has 7 heteroatoms. The van der Waals surface area contributed by atoms with Crippen LogP contribution < -0.4 is 0 Å². The van der Waals surface area contributed by atoms with E-state index in [9.17, 15) is 0 Å². The largest absolute Gasteiger partial charge is 0.411 e. The lowest BCUT2D eigenvalue weighted by molar-refractivity contribution is 0.466. The Morgan fingerprint density at radius 3 is 2.78 bits per heavy atom. The van der Waals surface area contributed by atoms with Crippen molar-refractivity contribution < 1.29 is 4.42 Å². The van der Waals surface area contributed by atoms with Gasteiger partial charge in [0.05, 0.1) is 11.3 Å². The zero-order chi connectivity index (χ0) is 18.1. The van der Waals surface area contributed by atoms with E-state index in [2.05, 4.69) is 32.7 Å². The highest BCUT2D eigenvalue weighted by atomic mass is 32.2. The fraction of sp³-hybridized carbons (Fsp3) is 0.0500. The van der Waals surface area contributed by atoms with Crippen molar-refractivity contribution in [2.24, 2.45) is 0 Å². The zero-order valence-corrected chi connectivity index (χ0v) is 15.8. The molecule has 0 aliphatic heterocycles. The lowest BCUT2D eigenvalue weighted by Gasteiger charge is -1.95. The SMILES string of the molecule is c1ccc(-c2nc(CSc3nnc(-c4c[nH]c5ccccc45)o3)cs2)cc1. The Kier molecular flexibility index (Phi) is 4.23. The van der Waals surface area contributed by atoms with Gasteiger partial charge in [-0.1, -0.05) is 60.3 Å². The molecule has 0 atom stereocenters. The van der Waals surface area contributed by atoms with Gasteiger partial charge < -0.3 is 9.40 Å². The van der Waals surface area contributed by atoms with Crippen LogP contribution in [0, 0.1) is 0 Å². The molecule has 0 aliphatic rings. The Morgan fingerprint density at radius 2 is 1.85 bits per heavy atom. The Hall–Kier alpha value is -2.90. The van der Waals surface area contributed by atoms with Crippen molar-refractivity contribution in [1.29, 1.82) is 0 Å². The van der Waals surface area contributed by atoms with Crippen molar-refractivity contribution in [2.75, 3.05) is 0 Å². The molecule has 0 saturated heterocycles. The molecule has 1 N–H and O–H groups in total. The van der Waals surface area contributed by atoms with E-state index < -0.39 is 0 Å². The van der Waals surface area contributed by atoms with Crippen LogP contribution in [0.15, 0.2) is 75.8 Å². The molecular formula is C20H14N4OS2. The summed E-state index contributed by atoms with van der Waals surface area (Å²) in [7, 11) is 0. The number of H-pyrrole nitrogens is 1. The van der Waals surface area contributed by atoms with Crippen LogP contribution in [0.2, 0.25) is 0 Å². The van der Waals surface area contributed by atoms with Crippen LogP contribution in [0.25, 0.3) is 32.9 Å². The first kappa shape index (κ1) is 16.3. The number of thiazole rings is 1. The summed E-state index contributed by atoms with van der Waals surface area (Å²) in [6, 6.07) is 18.3. The Morgan fingerprint density at radius 1 is 1.00 bits per heavy atom. The minimum atomic E-state index is 0.526. The van der Waals surface area contributed by atoms with Gasteiger partial charge in [0.15, 0.2) is 0 Å². The first-order chi connectivity index (χ1) is 13.4. The van der Waals surface area contributed by atoms with E-state index in [1.807, 2.05) is 48.7 Å². The molecule has 3 heterocycles. The van der Waals surface area contributed by atoms with Gasteiger partial charge in [0.1, 0.15) is 5.01 Å². The number of nitrogens with zero attached hydrogens (tertiary/aromatic N) is 3. The third kappa shape index (κ3) is 3.27. The minimum Gasteiger partial charge on any atom is -0.411 e. The van der Waals surface area contributed by atoms with Crippen molar-refractivity contribution in [2.45, 2.75) is 11.0 Å². The molecule has 0 radical (unpaired) electrons. The van der Waals surface area contributed by atoms with E-state index in [0.29, 0.717) is 16.9 Å². The third-order valence-corrected chi connectivity index (χ3v) is 5.93. The van der Waals surface area contributed by atoms with Gasteiger partial charge in [-0.2, -0.15) is 0 Å². The van der Waals surface area contributed by atoms with E-state index >= 15 is 0 Å². The second kappa shape index (κ2) is 7.02. The van der Waals surface area contributed by atoms with Crippen LogP contribution in [0.4, 0.5) is 0 Å². The van der Waals surface area contributed by atoms with Gasteiger partial charge in [0, 0.05) is 33.8 Å². The number of thioether (sulfide) groups is 1. The fourth-order valence-corrected chi connectivity index (χ4v) is 4.43. The van der Waals surface area contributed by atoms with E-state index in [0.717, 1.165) is 32.7 Å². The van der Waals surface area contributed by atoms with Gasteiger partial charge in [-0.25, -0.2) is 4.98 Å². The average Bonchev–Trinajstić information content (AvgIpc) is 3.46. The van der Waals surface area contributed by atoms with Gasteiger partial charge in [0.25, 0.3) is 11.1 Å². The number of hydrogen-bond acceptors (Lipinski definition) is 6. The first-order valence-electron chi connectivity index (χ1n) is 8.39. The summed E-state index contributed by atoms with van der Waals surface area (Å²) < 4.78 is 5.85. The fourth-order valence-electron chi connectivity index (χ4n) is 2.85. The number of rotatable bonds is 5. The molecule has 0 amide bonds. The second-order valence-electron chi connectivity index (χ2n) is 5.92. The molecule has 27 heavy (non-hydrogen) atoms. The van der Waals surface area contributed by atoms with Crippen LogP contribution in [-0.2, 0) is 5.75 Å². The number of nitrogens with one attached hydrogen (secondary N) is 1. The number of benzene rings is 2. The number of hydrogen-bond donors (Lipinski definition) is 1. The van der Waals surface area contributed by atoms with Gasteiger partial charge in [0.2, 0.25) is 0 Å². The van der Waals surface area contributed by atoms with Crippen molar-refractivity contribution in [1.82, 2.24) is 20.2 Å². The molecule has 0 bridgehead atoms. The van der Waals surface area contributed by atoms with Crippen molar-refractivity contribution in [3.8, 4) is 22.0 Å². The highest BCUT2D eigenvalue weighted by molar-refractivity contribution is 7.98. The predicted octanol–water partition coefficient (Wildman–Crippen LogP) is 5.63. The van der Waals surface area contributed by atoms with E-state index in [4.69, 9.17) is 9.40 Å². The average molecular weight is 390 g/mol. The van der Waals surface area contributed by atoms with Crippen molar-refractivity contribution in [3.05, 3.63) is 71.9 Å². The van der Waals surface area contributed by atoms with Crippen LogP contribution in [0.5, 0.6) is 0 Å². The molecule has 3 aromatic heterocycles. The normalized spacial score (nSPS) is 11.3. The topological polar surface area (TPSA) is 67.6 Å². The summed E-state index contributed by atoms with van der Waals surface area (Å²) in [6.45, 7) is 0. The van der Waals surface area contributed by atoms with Crippen LogP contribution in [-0.4, -0.2) is 20.2 Å². The van der Waals surface area contributed by atoms with E-state index in [1.54, 1.807) is 11.3 Å². The molecular weight excluding hydrogens is 376 g/mol. The smallest absolute Gasteiger partial charge is 0.277 e. The lowest BCUT2D eigenvalue weighted by Crippen LogP contribution is -1.82. The lowest BCUT2D eigenvalue weighted by atomic mass is 10.2.